The first-order valence-corrected chi connectivity index (χ1v) is 4.59. The second-order valence-corrected chi connectivity index (χ2v) is 3.31. The van der Waals surface area contributed by atoms with Gasteiger partial charge in [0.2, 0.25) is 0 Å². The minimum absolute atomic E-state index is 0.322. The zero-order chi connectivity index (χ0) is 9.10. The summed E-state index contributed by atoms with van der Waals surface area (Å²) in [7, 11) is 0. The Kier molecular flexibility index (Phi) is 2.57. The Morgan fingerprint density at radius 1 is 1.62 bits per heavy atom. The Morgan fingerprint density at radius 2 is 2.54 bits per heavy atom. The topological polar surface area (TPSA) is 34.1 Å². The molecule has 2 heterocycles. The van der Waals surface area contributed by atoms with Crippen molar-refractivity contribution in [2.24, 2.45) is 0 Å². The number of nitrogens with zero attached hydrogens (tertiary/aromatic N) is 1. The molecule has 1 aromatic rings. The molecule has 0 amide bonds. The molecule has 0 radical (unpaired) electrons. The van der Waals surface area contributed by atoms with Crippen LogP contribution in [0.5, 0.6) is 0 Å². The lowest BCUT2D eigenvalue weighted by molar-refractivity contribution is 0.0766. The van der Waals surface area contributed by atoms with E-state index in [-0.39, 0.29) is 0 Å². The van der Waals surface area contributed by atoms with Crippen LogP contribution in [0, 0.1) is 6.92 Å². The Morgan fingerprint density at radius 3 is 3.23 bits per heavy atom. The summed E-state index contributed by atoms with van der Waals surface area (Å²) in [4.78, 5) is 4.13. The van der Waals surface area contributed by atoms with Crippen LogP contribution in [0.4, 0.5) is 0 Å². The van der Waals surface area contributed by atoms with Crippen molar-refractivity contribution in [3.63, 3.8) is 0 Å². The van der Waals surface area contributed by atoms with Gasteiger partial charge in [0.15, 0.2) is 0 Å². The molecular weight excluding hydrogens is 164 g/mol. The molecule has 1 aliphatic rings. The van der Waals surface area contributed by atoms with Gasteiger partial charge in [-0.1, -0.05) is 0 Å². The quantitative estimate of drug-likeness (QED) is 0.698. The molecule has 0 aliphatic carbocycles. The van der Waals surface area contributed by atoms with Crippen molar-refractivity contribution in [3.05, 3.63) is 29.6 Å². The minimum atomic E-state index is 0.322. The lowest BCUT2D eigenvalue weighted by Crippen LogP contribution is -2.34. The smallest absolute Gasteiger partial charge is 0.0662 e. The summed E-state index contributed by atoms with van der Waals surface area (Å²) in [5.74, 6) is 0. The fourth-order valence-corrected chi connectivity index (χ4v) is 1.61. The predicted molar refractivity (Wildman–Crippen MR) is 50.5 cm³/mol. The zero-order valence-corrected chi connectivity index (χ0v) is 7.79. The highest BCUT2D eigenvalue weighted by Crippen LogP contribution is 2.17. The van der Waals surface area contributed by atoms with E-state index in [1.165, 1.54) is 11.1 Å². The maximum atomic E-state index is 5.40. The molecule has 1 atom stereocenters. The van der Waals surface area contributed by atoms with Gasteiger partial charge < -0.3 is 10.1 Å². The average molecular weight is 178 g/mol. The second-order valence-electron chi connectivity index (χ2n) is 3.31. The highest BCUT2D eigenvalue weighted by atomic mass is 16.5. The van der Waals surface area contributed by atoms with E-state index < -0.39 is 0 Å². The maximum absolute atomic E-state index is 5.40. The third-order valence-corrected chi connectivity index (χ3v) is 2.38. The Bertz CT molecular complexity index is 282. The number of nitrogens with one attached hydrogen (secondary N) is 1. The molecule has 0 saturated carbocycles. The van der Waals surface area contributed by atoms with Gasteiger partial charge in [-0.05, 0) is 24.1 Å². The fraction of sp³-hybridized carbons (Fsp3) is 0.500. The summed E-state index contributed by atoms with van der Waals surface area (Å²) >= 11 is 0. The number of ether oxygens (including phenoxy) is 1. The van der Waals surface area contributed by atoms with E-state index >= 15 is 0 Å². The van der Waals surface area contributed by atoms with Crippen LogP contribution in [0.1, 0.15) is 17.2 Å². The number of pyridine rings is 1. The molecule has 1 aliphatic heterocycles. The van der Waals surface area contributed by atoms with Gasteiger partial charge in [-0.25, -0.2) is 0 Å². The average Bonchev–Trinajstić information content (AvgIpc) is 2.20. The van der Waals surface area contributed by atoms with Gasteiger partial charge in [0.25, 0.3) is 0 Å². The molecular formula is C10H14N2O. The lowest BCUT2D eigenvalue weighted by Gasteiger charge is -2.24. The Labute approximate surface area is 78.1 Å². The third kappa shape index (κ3) is 1.87. The molecule has 0 bridgehead atoms. The van der Waals surface area contributed by atoms with Crippen molar-refractivity contribution in [2.75, 3.05) is 19.8 Å². The molecule has 0 spiro atoms. The van der Waals surface area contributed by atoms with E-state index in [1.54, 1.807) is 0 Å². The van der Waals surface area contributed by atoms with Gasteiger partial charge in [0.05, 0.1) is 19.3 Å². The van der Waals surface area contributed by atoms with Crippen LogP contribution >= 0.6 is 0 Å². The first-order chi connectivity index (χ1) is 6.38. The number of morpholine rings is 1. The second kappa shape index (κ2) is 3.85. The highest BCUT2D eigenvalue weighted by molar-refractivity contribution is 5.25. The fourth-order valence-electron chi connectivity index (χ4n) is 1.61. The van der Waals surface area contributed by atoms with Gasteiger partial charge in [0.1, 0.15) is 0 Å². The van der Waals surface area contributed by atoms with Gasteiger partial charge in [-0.3, -0.25) is 4.98 Å². The van der Waals surface area contributed by atoms with Crippen LogP contribution in [-0.2, 0) is 4.74 Å². The predicted octanol–water partition coefficient (Wildman–Crippen LogP) is 1.05. The minimum Gasteiger partial charge on any atom is -0.378 e. The van der Waals surface area contributed by atoms with Gasteiger partial charge in [-0.15, -0.1) is 0 Å². The molecule has 3 nitrogen and oxygen atoms in total. The van der Waals surface area contributed by atoms with Crippen molar-refractivity contribution >= 4 is 0 Å². The van der Waals surface area contributed by atoms with Crippen LogP contribution in [0.15, 0.2) is 18.5 Å². The van der Waals surface area contributed by atoms with Crippen molar-refractivity contribution in [1.82, 2.24) is 10.3 Å². The zero-order valence-electron chi connectivity index (χ0n) is 7.79. The number of hydrogen-bond acceptors (Lipinski definition) is 3. The Balaban J connectivity index is 2.18. The molecule has 1 fully saturated rings. The van der Waals surface area contributed by atoms with E-state index in [0.29, 0.717) is 6.04 Å². The standard InChI is InChI=1S/C10H14N2O/c1-8-2-3-11-6-9(8)10-7-13-5-4-12-10/h2-3,6,10,12H,4-5,7H2,1H3. The van der Waals surface area contributed by atoms with Crippen molar-refractivity contribution in [2.45, 2.75) is 13.0 Å². The molecule has 1 aromatic heterocycles. The van der Waals surface area contributed by atoms with Crippen LogP contribution in [0.25, 0.3) is 0 Å². The van der Waals surface area contributed by atoms with E-state index in [0.717, 1.165) is 19.8 Å². The number of aryl methyl sites for hydroxylation is 1. The molecule has 3 heteroatoms. The summed E-state index contributed by atoms with van der Waals surface area (Å²) in [5, 5.41) is 3.41. The lowest BCUT2D eigenvalue weighted by atomic mass is 10.0. The number of aromatic nitrogens is 1. The molecule has 2 rings (SSSR count). The normalized spacial score (nSPS) is 23.0. The largest absolute Gasteiger partial charge is 0.378 e. The first-order valence-electron chi connectivity index (χ1n) is 4.59. The van der Waals surface area contributed by atoms with Gasteiger partial charge in [0, 0.05) is 18.9 Å². The van der Waals surface area contributed by atoms with E-state index in [9.17, 15) is 0 Å². The van der Waals surface area contributed by atoms with Crippen LogP contribution in [-0.4, -0.2) is 24.7 Å². The SMILES string of the molecule is Cc1ccncc1C1COCCN1. The van der Waals surface area contributed by atoms with Crippen molar-refractivity contribution < 1.29 is 4.74 Å². The summed E-state index contributed by atoms with van der Waals surface area (Å²) in [6.45, 7) is 4.61. The molecule has 0 aromatic carbocycles. The van der Waals surface area contributed by atoms with Crippen molar-refractivity contribution in [3.8, 4) is 0 Å². The monoisotopic (exact) mass is 178 g/mol. The molecule has 1 N–H and O–H groups in total. The highest BCUT2D eigenvalue weighted by Gasteiger charge is 2.16. The van der Waals surface area contributed by atoms with E-state index in [4.69, 9.17) is 4.74 Å². The van der Waals surface area contributed by atoms with Crippen LogP contribution < -0.4 is 5.32 Å². The Hall–Kier alpha value is -0.930. The van der Waals surface area contributed by atoms with Gasteiger partial charge >= 0.3 is 0 Å². The first kappa shape index (κ1) is 8.66. The third-order valence-electron chi connectivity index (χ3n) is 2.38. The maximum Gasteiger partial charge on any atom is 0.0662 e. The summed E-state index contributed by atoms with van der Waals surface area (Å²) < 4.78 is 5.40. The molecule has 70 valence electrons. The van der Waals surface area contributed by atoms with Crippen LogP contribution in [0.2, 0.25) is 0 Å². The number of hydrogen-bond donors (Lipinski definition) is 1. The molecule has 13 heavy (non-hydrogen) atoms. The number of rotatable bonds is 1. The summed E-state index contributed by atoms with van der Waals surface area (Å²) in [6, 6.07) is 2.36. The molecule has 1 unspecified atom stereocenters. The molecule has 1 saturated heterocycles. The van der Waals surface area contributed by atoms with Crippen molar-refractivity contribution in [1.29, 1.82) is 0 Å². The van der Waals surface area contributed by atoms with Gasteiger partial charge in [-0.2, -0.15) is 0 Å². The van der Waals surface area contributed by atoms with Crippen LogP contribution in [0.3, 0.4) is 0 Å². The summed E-state index contributed by atoms with van der Waals surface area (Å²) in [5.41, 5.74) is 2.53. The van der Waals surface area contributed by atoms with E-state index in [1.807, 2.05) is 18.5 Å². The van der Waals surface area contributed by atoms with E-state index in [2.05, 4.69) is 17.2 Å². The summed E-state index contributed by atoms with van der Waals surface area (Å²) in [6.07, 6.45) is 3.74.